The van der Waals surface area contributed by atoms with Gasteiger partial charge in [-0.25, -0.2) is 13.6 Å². The van der Waals surface area contributed by atoms with Crippen LogP contribution in [-0.4, -0.2) is 6.08 Å². The quantitative estimate of drug-likeness (QED) is 0.597. The number of hydrogen-bond donors (Lipinski definition) is 0. The molecule has 2 rings (SSSR count). The summed E-state index contributed by atoms with van der Waals surface area (Å²) in [7, 11) is 0. The van der Waals surface area contributed by atoms with Crippen molar-refractivity contribution in [2.24, 2.45) is 4.99 Å². The van der Waals surface area contributed by atoms with Crippen LogP contribution < -0.4 is 0 Å². The summed E-state index contributed by atoms with van der Waals surface area (Å²) >= 11 is 3.15. The van der Waals surface area contributed by atoms with Crippen LogP contribution in [0.2, 0.25) is 0 Å². The van der Waals surface area contributed by atoms with Crippen LogP contribution in [0.25, 0.3) is 0 Å². The Labute approximate surface area is 112 Å². The third-order valence-corrected chi connectivity index (χ3v) is 4.15. The number of aliphatic imine (C=N–C) groups is 1. The molecule has 0 radical (unpaired) electrons. The van der Waals surface area contributed by atoms with Crippen LogP contribution in [0.15, 0.2) is 27.7 Å². The molecule has 1 fully saturated rings. The van der Waals surface area contributed by atoms with Crippen LogP contribution >= 0.6 is 15.9 Å². The Bertz CT molecular complexity index is 492. The third kappa shape index (κ3) is 2.38. The lowest BCUT2D eigenvalue weighted by Crippen LogP contribution is -2.19. The molecule has 1 aliphatic rings. The van der Waals surface area contributed by atoms with Crippen molar-refractivity contribution in [2.75, 3.05) is 0 Å². The molecule has 0 bridgehead atoms. The molecule has 1 aromatic carbocycles. The zero-order valence-corrected chi connectivity index (χ0v) is 11.2. The first-order valence-electron chi connectivity index (χ1n) is 5.76. The summed E-state index contributed by atoms with van der Waals surface area (Å²) < 4.78 is 25.7. The van der Waals surface area contributed by atoms with Gasteiger partial charge in [0.05, 0.1) is 5.54 Å². The van der Waals surface area contributed by atoms with Gasteiger partial charge < -0.3 is 0 Å². The molecule has 0 heterocycles. The monoisotopic (exact) mass is 315 g/mol. The van der Waals surface area contributed by atoms with Gasteiger partial charge in [-0.2, -0.15) is 4.99 Å². The van der Waals surface area contributed by atoms with E-state index in [1.165, 1.54) is 6.07 Å². The largest absolute Gasteiger partial charge is 0.264 e. The number of halogens is 3. The average molecular weight is 316 g/mol. The van der Waals surface area contributed by atoms with E-state index in [1.807, 2.05) is 0 Å². The highest BCUT2D eigenvalue weighted by molar-refractivity contribution is 9.10. The van der Waals surface area contributed by atoms with Gasteiger partial charge in [0, 0.05) is 10.0 Å². The van der Waals surface area contributed by atoms with Gasteiger partial charge >= 0.3 is 0 Å². The number of rotatable bonds is 3. The first-order chi connectivity index (χ1) is 8.59. The SMILES string of the molecule is O=C=NC1(c2ccc(C(F)F)c(Br)c2)CCCC1. The Morgan fingerprint density at radius 2 is 2.00 bits per heavy atom. The Morgan fingerprint density at radius 3 is 2.50 bits per heavy atom. The maximum atomic E-state index is 12.7. The Hall–Kier alpha value is -1.06. The lowest BCUT2D eigenvalue weighted by atomic mass is 9.88. The highest BCUT2D eigenvalue weighted by Gasteiger charge is 2.36. The molecule has 0 aliphatic heterocycles. The van der Waals surface area contributed by atoms with E-state index in [0.29, 0.717) is 4.47 Å². The second-order valence-electron chi connectivity index (χ2n) is 4.48. The van der Waals surface area contributed by atoms with Gasteiger partial charge in [0.2, 0.25) is 6.08 Å². The minimum Gasteiger partial charge on any atom is -0.211 e. The number of hydrogen-bond acceptors (Lipinski definition) is 2. The minimum atomic E-state index is -2.51. The van der Waals surface area contributed by atoms with Crippen molar-refractivity contribution in [3.05, 3.63) is 33.8 Å². The summed E-state index contributed by atoms with van der Waals surface area (Å²) in [5, 5.41) is 0. The van der Waals surface area contributed by atoms with Crippen molar-refractivity contribution in [2.45, 2.75) is 37.6 Å². The molecule has 5 heteroatoms. The third-order valence-electron chi connectivity index (χ3n) is 3.46. The fourth-order valence-electron chi connectivity index (χ4n) is 2.51. The van der Waals surface area contributed by atoms with Crippen molar-refractivity contribution < 1.29 is 13.6 Å². The summed E-state index contributed by atoms with van der Waals surface area (Å²) in [6.45, 7) is 0. The molecule has 1 aliphatic carbocycles. The number of isocyanates is 1. The predicted molar refractivity (Wildman–Crippen MR) is 67.4 cm³/mol. The second-order valence-corrected chi connectivity index (χ2v) is 5.33. The highest BCUT2D eigenvalue weighted by atomic mass is 79.9. The topological polar surface area (TPSA) is 29.4 Å². The van der Waals surface area contributed by atoms with Crippen molar-refractivity contribution in [1.29, 1.82) is 0 Å². The molecule has 2 nitrogen and oxygen atoms in total. The van der Waals surface area contributed by atoms with E-state index in [9.17, 15) is 13.6 Å². The van der Waals surface area contributed by atoms with Gasteiger partial charge in [-0.1, -0.05) is 40.9 Å². The van der Waals surface area contributed by atoms with Gasteiger partial charge in [-0.05, 0) is 24.5 Å². The lowest BCUT2D eigenvalue weighted by Gasteiger charge is -2.23. The lowest BCUT2D eigenvalue weighted by molar-refractivity contribution is 0.150. The van der Waals surface area contributed by atoms with E-state index < -0.39 is 12.0 Å². The minimum absolute atomic E-state index is 0.0398. The summed E-state index contributed by atoms with van der Waals surface area (Å²) in [5.74, 6) is 0. The van der Waals surface area contributed by atoms with E-state index in [0.717, 1.165) is 31.2 Å². The Balaban J connectivity index is 2.44. The molecule has 0 amide bonds. The van der Waals surface area contributed by atoms with Crippen molar-refractivity contribution in [1.82, 2.24) is 0 Å². The zero-order valence-electron chi connectivity index (χ0n) is 9.63. The number of alkyl halides is 2. The van der Waals surface area contributed by atoms with Crippen LogP contribution in [0.4, 0.5) is 8.78 Å². The van der Waals surface area contributed by atoms with Crippen molar-refractivity contribution in [3.63, 3.8) is 0 Å². The molecule has 0 saturated heterocycles. The fraction of sp³-hybridized carbons (Fsp3) is 0.462. The number of benzene rings is 1. The van der Waals surface area contributed by atoms with Crippen LogP contribution in [0.3, 0.4) is 0 Å². The summed E-state index contributed by atoms with van der Waals surface area (Å²) in [5.41, 5.74) is 0.201. The maximum absolute atomic E-state index is 12.7. The van der Waals surface area contributed by atoms with Gasteiger partial charge in [0.15, 0.2) is 0 Å². The molecule has 0 aromatic heterocycles. The first-order valence-corrected chi connectivity index (χ1v) is 6.55. The molecular weight excluding hydrogens is 304 g/mol. The van der Waals surface area contributed by atoms with E-state index in [2.05, 4.69) is 20.9 Å². The van der Waals surface area contributed by atoms with Crippen molar-refractivity contribution >= 4 is 22.0 Å². The van der Waals surface area contributed by atoms with Gasteiger partial charge in [-0.15, -0.1) is 0 Å². The fourth-order valence-corrected chi connectivity index (χ4v) is 3.06. The molecule has 0 unspecified atom stereocenters. The molecule has 0 atom stereocenters. The van der Waals surface area contributed by atoms with E-state index in [-0.39, 0.29) is 5.56 Å². The Kier molecular flexibility index (Phi) is 3.93. The molecule has 0 spiro atoms. The molecule has 96 valence electrons. The summed E-state index contributed by atoms with van der Waals surface area (Å²) in [6, 6.07) is 4.68. The van der Waals surface area contributed by atoms with E-state index >= 15 is 0 Å². The standard InChI is InChI=1S/C13H12BrF2NO/c14-11-7-9(3-4-10(11)12(15)16)13(17-8-18)5-1-2-6-13/h3-4,7,12H,1-2,5-6H2. The van der Waals surface area contributed by atoms with Gasteiger partial charge in [0.25, 0.3) is 6.43 Å². The molecule has 1 saturated carbocycles. The van der Waals surface area contributed by atoms with E-state index in [1.54, 1.807) is 18.2 Å². The number of nitrogens with zero attached hydrogens (tertiary/aromatic N) is 1. The smallest absolute Gasteiger partial charge is 0.211 e. The molecule has 0 N–H and O–H groups in total. The highest BCUT2D eigenvalue weighted by Crippen LogP contribution is 2.43. The van der Waals surface area contributed by atoms with Crippen LogP contribution in [0, 0.1) is 0 Å². The summed E-state index contributed by atoms with van der Waals surface area (Å²) in [6.07, 6.45) is 2.61. The summed E-state index contributed by atoms with van der Waals surface area (Å²) in [4.78, 5) is 14.5. The molecule has 1 aromatic rings. The first kappa shape index (κ1) is 13.4. The van der Waals surface area contributed by atoms with Crippen LogP contribution in [0.5, 0.6) is 0 Å². The van der Waals surface area contributed by atoms with Crippen LogP contribution in [0.1, 0.15) is 43.2 Å². The van der Waals surface area contributed by atoms with E-state index in [4.69, 9.17) is 0 Å². The normalized spacial score (nSPS) is 17.8. The Morgan fingerprint density at radius 1 is 1.33 bits per heavy atom. The predicted octanol–water partition coefficient (Wildman–Crippen LogP) is 4.49. The number of carbonyl (C=O) groups excluding carboxylic acids is 1. The average Bonchev–Trinajstić information content (AvgIpc) is 2.78. The second kappa shape index (κ2) is 5.29. The zero-order chi connectivity index (χ0) is 13.2. The molecule has 18 heavy (non-hydrogen) atoms. The maximum Gasteiger partial charge on any atom is 0.264 e. The molecular formula is C13H12BrF2NO. The van der Waals surface area contributed by atoms with Crippen molar-refractivity contribution in [3.8, 4) is 0 Å². The van der Waals surface area contributed by atoms with Crippen LogP contribution in [-0.2, 0) is 10.3 Å². The van der Waals surface area contributed by atoms with Gasteiger partial charge in [0.1, 0.15) is 0 Å². The van der Waals surface area contributed by atoms with Gasteiger partial charge in [-0.3, -0.25) is 0 Å².